The number of nitrogens with zero attached hydrogens (tertiary/aromatic N) is 1. The number of unbranched alkanes of at least 4 members (excludes halogenated alkanes) is 2. The van der Waals surface area contributed by atoms with Crippen molar-refractivity contribution in [3.63, 3.8) is 0 Å². The summed E-state index contributed by atoms with van der Waals surface area (Å²) in [4.78, 5) is 0. The second-order valence-corrected chi connectivity index (χ2v) is 10.9. The molecule has 28 heavy (non-hydrogen) atoms. The third-order valence-corrected chi connectivity index (χ3v) is 9.24. The van der Waals surface area contributed by atoms with Crippen LogP contribution in [0.15, 0.2) is 0 Å². The third kappa shape index (κ3) is 5.55. The first-order valence-corrected chi connectivity index (χ1v) is 13.1. The minimum Gasteiger partial charge on any atom is -0.198 e. The van der Waals surface area contributed by atoms with Crippen LogP contribution in [0.4, 0.5) is 0 Å². The largest absolute Gasteiger partial charge is 0.198 e. The molecule has 0 amide bonds. The molecule has 0 unspecified atom stereocenters. The van der Waals surface area contributed by atoms with E-state index in [4.69, 9.17) is 0 Å². The van der Waals surface area contributed by atoms with Crippen molar-refractivity contribution < 1.29 is 0 Å². The summed E-state index contributed by atoms with van der Waals surface area (Å²) in [5.41, 5.74) is 0.0478. The molecule has 3 rings (SSSR count). The summed E-state index contributed by atoms with van der Waals surface area (Å²) < 4.78 is 0. The van der Waals surface area contributed by atoms with Crippen LogP contribution in [0.25, 0.3) is 0 Å². The van der Waals surface area contributed by atoms with E-state index in [-0.39, 0.29) is 5.41 Å². The molecule has 0 saturated heterocycles. The van der Waals surface area contributed by atoms with Gasteiger partial charge in [0.05, 0.1) is 11.5 Å². The normalized spacial score (nSPS) is 39.4. The molecule has 3 aliphatic rings. The second-order valence-electron chi connectivity index (χ2n) is 10.9. The van der Waals surface area contributed by atoms with E-state index in [1.54, 1.807) is 0 Å². The summed E-state index contributed by atoms with van der Waals surface area (Å²) in [5.74, 6) is 4.66. The summed E-state index contributed by atoms with van der Waals surface area (Å²) in [6.45, 7) is 4.63. The minimum absolute atomic E-state index is 0.0478. The lowest BCUT2D eigenvalue weighted by Crippen LogP contribution is -2.37. The van der Waals surface area contributed by atoms with Gasteiger partial charge in [0.15, 0.2) is 0 Å². The number of nitriles is 1. The first-order valence-electron chi connectivity index (χ1n) is 13.1. The monoisotopic (exact) mass is 385 g/mol. The van der Waals surface area contributed by atoms with Crippen molar-refractivity contribution in [2.75, 3.05) is 0 Å². The van der Waals surface area contributed by atoms with Gasteiger partial charge in [-0.2, -0.15) is 5.26 Å². The van der Waals surface area contributed by atoms with E-state index in [1.165, 1.54) is 116 Å². The summed E-state index contributed by atoms with van der Waals surface area (Å²) >= 11 is 0. The van der Waals surface area contributed by atoms with Gasteiger partial charge in [-0.1, -0.05) is 65.2 Å². The van der Waals surface area contributed by atoms with E-state index in [1.807, 2.05) is 0 Å². The fraction of sp³-hybridized carbons (Fsp3) is 0.963. The molecule has 0 aliphatic heterocycles. The maximum Gasteiger partial charge on any atom is 0.0692 e. The van der Waals surface area contributed by atoms with Crippen molar-refractivity contribution in [1.29, 1.82) is 5.26 Å². The topological polar surface area (TPSA) is 23.8 Å². The van der Waals surface area contributed by atoms with Gasteiger partial charge in [0.2, 0.25) is 0 Å². The van der Waals surface area contributed by atoms with Crippen LogP contribution in [0.3, 0.4) is 0 Å². The van der Waals surface area contributed by atoms with Crippen LogP contribution in [0, 0.1) is 46.3 Å². The van der Waals surface area contributed by atoms with Crippen molar-refractivity contribution in [3.8, 4) is 6.07 Å². The molecular formula is C27H47N. The fourth-order valence-electron chi connectivity index (χ4n) is 7.28. The minimum atomic E-state index is 0.0478. The molecule has 0 radical (unpaired) electrons. The molecule has 3 fully saturated rings. The Kier molecular flexibility index (Phi) is 8.74. The number of rotatable bonds is 8. The first kappa shape index (κ1) is 22.2. The molecule has 3 saturated carbocycles. The molecule has 1 heteroatoms. The Hall–Kier alpha value is -0.510. The molecule has 0 aromatic heterocycles. The Morgan fingerprint density at radius 2 is 1.25 bits per heavy atom. The molecule has 3 aliphatic carbocycles. The van der Waals surface area contributed by atoms with Crippen LogP contribution in [0.5, 0.6) is 0 Å². The van der Waals surface area contributed by atoms with E-state index < -0.39 is 0 Å². The van der Waals surface area contributed by atoms with Crippen LogP contribution in [0.1, 0.15) is 129 Å². The Labute approximate surface area is 176 Å². The van der Waals surface area contributed by atoms with E-state index >= 15 is 0 Å². The van der Waals surface area contributed by atoms with Crippen molar-refractivity contribution in [3.05, 3.63) is 0 Å². The molecule has 0 N–H and O–H groups in total. The van der Waals surface area contributed by atoms with Gasteiger partial charge < -0.3 is 0 Å². The number of hydrogen-bond acceptors (Lipinski definition) is 1. The molecule has 1 nitrogen and oxygen atoms in total. The summed E-state index contributed by atoms with van der Waals surface area (Å²) in [6, 6.07) is 2.87. The van der Waals surface area contributed by atoms with E-state index in [2.05, 4.69) is 19.9 Å². The predicted molar refractivity (Wildman–Crippen MR) is 120 cm³/mol. The second kappa shape index (κ2) is 11.0. The van der Waals surface area contributed by atoms with Gasteiger partial charge >= 0.3 is 0 Å². The highest BCUT2D eigenvalue weighted by Gasteiger charge is 2.44. The lowest BCUT2D eigenvalue weighted by Gasteiger charge is -2.45. The quantitative estimate of drug-likeness (QED) is 0.383. The van der Waals surface area contributed by atoms with Crippen molar-refractivity contribution in [1.82, 2.24) is 0 Å². The van der Waals surface area contributed by atoms with Gasteiger partial charge in [-0.05, 0) is 93.8 Å². The smallest absolute Gasteiger partial charge is 0.0692 e. The van der Waals surface area contributed by atoms with Crippen molar-refractivity contribution in [2.45, 2.75) is 129 Å². The highest BCUT2D eigenvalue weighted by molar-refractivity contribution is 5.06. The van der Waals surface area contributed by atoms with Gasteiger partial charge in [0.1, 0.15) is 0 Å². The zero-order valence-electron chi connectivity index (χ0n) is 19.1. The van der Waals surface area contributed by atoms with Gasteiger partial charge in [0.25, 0.3) is 0 Å². The van der Waals surface area contributed by atoms with E-state index in [0.717, 1.165) is 23.7 Å². The molecule has 0 atom stereocenters. The van der Waals surface area contributed by atoms with Gasteiger partial charge in [-0.15, -0.1) is 0 Å². The summed E-state index contributed by atoms with van der Waals surface area (Å²) in [5, 5.41) is 10.1. The number of hydrogen-bond donors (Lipinski definition) is 0. The van der Waals surface area contributed by atoms with Crippen LogP contribution in [-0.2, 0) is 0 Å². The lowest BCUT2D eigenvalue weighted by molar-refractivity contribution is 0.0649. The predicted octanol–water partition coefficient (Wildman–Crippen LogP) is 8.68. The lowest BCUT2D eigenvalue weighted by atomic mass is 9.58. The van der Waals surface area contributed by atoms with Gasteiger partial charge in [-0.3, -0.25) is 0 Å². The summed E-state index contributed by atoms with van der Waals surface area (Å²) in [7, 11) is 0. The molecular weight excluding hydrogens is 338 g/mol. The molecule has 0 spiro atoms. The molecule has 0 bridgehead atoms. The van der Waals surface area contributed by atoms with Gasteiger partial charge in [0, 0.05) is 0 Å². The Morgan fingerprint density at radius 1 is 0.679 bits per heavy atom. The highest BCUT2D eigenvalue weighted by Crippen LogP contribution is 2.52. The average Bonchev–Trinajstić information content (AvgIpc) is 2.76. The maximum atomic E-state index is 10.1. The van der Waals surface area contributed by atoms with E-state index in [0.29, 0.717) is 5.92 Å². The van der Waals surface area contributed by atoms with Crippen LogP contribution >= 0.6 is 0 Å². The Bertz CT molecular complexity index is 465. The van der Waals surface area contributed by atoms with Crippen LogP contribution < -0.4 is 0 Å². The van der Waals surface area contributed by atoms with Crippen LogP contribution in [0.2, 0.25) is 0 Å². The Morgan fingerprint density at radius 3 is 1.79 bits per heavy atom. The average molecular weight is 386 g/mol. The maximum absolute atomic E-state index is 10.1. The molecule has 0 aromatic rings. The molecule has 0 aromatic carbocycles. The van der Waals surface area contributed by atoms with Crippen molar-refractivity contribution in [2.24, 2.45) is 35.0 Å². The van der Waals surface area contributed by atoms with Crippen molar-refractivity contribution >= 4 is 0 Å². The van der Waals surface area contributed by atoms with Gasteiger partial charge in [-0.25, -0.2) is 0 Å². The fourth-order valence-corrected chi connectivity index (χ4v) is 7.28. The third-order valence-electron chi connectivity index (χ3n) is 9.24. The highest BCUT2D eigenvalue weighted by atomic mass is 14.5. The molecule has 0 heterocycles. The standard InChI is InChI=1S/C27H47N/c1-3-5-6-8-23-9-11-24(12-10-23)25-13-15-26(16-14-25)27(21-28)19-17-22(7-4-2)18-20-27/h22-26H,3-20H2,1-2H3/t22-,23-,24-,25-,26-,27+. The molecule has 160 valence electrons. The van der Waals surface area contributed by atoms with E-state index in [9.17, 15) is 5.26 Å². The zero-order valence-corrected chi connectivity index (χ0v) is 19.1. The summed E-state index contributed by atoms with van der Waals surface area (Å²) in [6.07, 6.45) is 25.1. The SMILES string of the molecule is CCCCC[C@H]1CC[C@H]([C@H]2CC[C@H]([C@]3(C#N)CC[C@H](CCC)CC3)CC2)CC1. The van der Waals surface area contributed by atoms with Crippen LogP contribution in [-0.4, -0.2) is 0 Å². The Balaban J connectivity index is 1.41. The zero-order chi connectivity index (χ0) is 19.8. The first-order chi connectivity index (χ1) is 13.7.